The van der Waals surface area contributed by atoms with Gasteiger partial charge in [-0.3, -0.25) is 4.79 Å². The molecule has 0 saturated carbocycles. The van der Waals surface area contributed by atoms with Gasteiger partial charge < -0.3 is 4.90 Å². The fourth-order valence-electron chi connectivity index (χ4n) is 2.07. The van der Waals surface area contributed by atoms with E-state index >= 15 is 0 Å². The average molecular weight is 269 g/mol. The second-order valence-corrected chi connectivity index (χ2v) is 4.60. The Morgan fingerprint density at radius 3 is 3.00 bits per heavy atom. The molecule has 1 aliphatic rings. The molecule has 2 heterocycles. The maximum Gasteiger partial charge on any atom is 0.219 e. The van der Waals surface area contributed by atoms with Crippen LogP contribution in [-0.4, -0.2) is 22.3 Å². The van der Waals surface area contributed by atoms with Gasteiger partial charge in [0, 0.05) is 19.7 Å². The van der Waals surface area contributed by atoms with Crippen molar-refractivity contribution < 1.29 is 4.79 Å². The van der Waals surface area contributed by atoms with E-state index in [-0.39, 0.29) is 11.9 Å². The molecule has 0 bridgehead atoms. The van der Waals surface area contributed by atoms with Gasteiger partial charge in [-0.25, -0.2) is 4.98 Å². The van der Waals surface area contributed by atoms with E-state index in [2.05, 4.69) is 20.9 Å². The predicted molar refractivity (Wildman–Crippen MR) is 61.3 cm³/mol. The van der Waals surface area contributed by atoms with Crippen LogP contribution in [0.1, 0.15) is 31.4 Å². The molecule has 1 aromatic rings. The number of nitrogens with zero attached hydrogens (tertiary/aromatic N) is 2. The Labute approximate surface area is 97.6 Å². The Balaban J connectivity index is 2.22. The predicted octanol–water partition coefficient (Wildman–Crippen LogP) is 2.53. The molecule has 1 aromatic heterocycles. The van der Waals surface area contributed by atoms with Crippen LogP contribution in [0.5, 0.6) is 0 Å². The number of carbonyl (C=O) groups is 1. The first kappa shape index (κ1) is 10.6. The number of likely N-dealkylation sites (tertiary alicyclic amines) is 1. The first-order valence-electron chi connectivity index (χ1n) is 5.07. The molecule has 80 valence electrons. The lowest BCUT2D eigenvalue weighted by atomic mass is 10.1. The number of pyridine rings is 1. The van der Waals surface area contributed by atoms with Gasteiger partial charge in [-0.15, -0.1) is 0 Å². The second kappa shape index (κ2) is 4.31. The summed E-state index contributed by atoms with van der Waals surface area (Å²) in [5, 5.41) is 0. The minimum Gasteiger partial charge on any atom is -0.336 e. The highest BCUT2D eigenvalue weighted by Crippen LogP contribution is 2.31. The van der Waals surface area contributed by atoms with E-state index in [0.29, 0.717) is 0 Å². The molecular weight excluding hydrogens is 256 g/mol. The number of hydrogen-bond donors (Lipinski definition) is 0. The lowest BCUT2D eigenvalue weighted by Gasteiger charge is -2.23. The third kappa shape index (κ3) is 2.20. The van der Waals surface area contributed by atoms with Crippen molar-refractivity contribution in [2.45, 2.75) is 25.8 Å². The molecule has 0 N–H and O–H groups in total. The van der Waals surface area contributed by atoms with E-state index < -0.39 is 0 Å². The molecule has 0 radical (unpaired) electrons. The molecule has 1 aliphatic heterocycles. The molecule has 1 atom stereocenters. The molecular formula is C11H13BrN2O. The van der Waals surface area contributed by atoms with E-state index in [9.17, 15) is 4.79 Å². The van der Waals surface area contributed by atoms with E-state index in [1.54, 1.807) is 6.92 Å². The first-order valence-corrected chi connectivity index (χ1v) is 5.86. The minimum absolute atomic E-state index is 0.153. The topological polar surface area (TPSA) is 33.2 Å². The second-order valence-electron chi connectivity index (χ2n) is 3.78. The van der Waals surface area contributed by atoms with E-state index in [0.717, 1.165) is 29.6 Å². The summed E-state index contributed by atoms with van der Waals surface area (Å²) in [4.78, 5) is 17.5. The van der Waals surface area contributed by atoms with Gasteiger partial charge in [0.2, 0.25) is 5.91 Å². The zero-order valence-corrected chi connectivity index (χ0v) is 10.2. The SMILES string of the molecule is CC(=O)N1CCC[C@H]1c1ccc(Br)nc1. The van der Waals surface area contributed by atoms with E-state index in [1.807, 2.05) is 23.2 Å². The molecule has 15 heavy (non-hydrogen) atoms. The number of halogens is 1. The van der Waals surface area contributed by atoms with E-state index in [4.69, 9.17) is 0 Å². The maximum absolute atomic E-state index is 11.4. The molecule has 1 fully saturated rings. The summed E-state index contributed by atoms with van der Waals surface area (Å²) in [6, 6.07) is 4.18. The molecule has 0 aromatic carbocycles. The first-order chi connectivity index (χ1) is 7.18. The third-order valence-corrected chi connectivity index (χ3v) is 3.26. The van der Waals surface area contributed by atoms with Crippen molar-refractivity contribution in [2.75, 3.05) is 6.54 Å². The summed E-state index contributed by atoms with van der Waals surface area (Å²) in [5.74, 6) is 0.153. The van der Waals surface area contributed by atoms with Crippen LogP contribution < -0.4 is 0 Å². The number of rotatable bonds is 1. The molecule has 0 unspecified atom stereocenters. The van der Waals surface area contributed by atoms with Gasteiger partial charge in [0.25, 0.3) is 0 Å². The smallest absolute Gasteiger partial charge is 0.219 e. The quantitative estimate of drug-likeness (QED) is 0.734. The largest absolute Gasteiger partial charge is 0.336 e. The summed E-state index contributed by atoms with van der Waals surface area (Å²) in [7, 11) is 0. The van der Waals surface area contributed by atoms with Gasteiger partial charge in [0.05, 0.1) is 6.04 Å². The zero-order valence-electron chi connectivity index (χ0n) is 8.61. The van der Waals surface area contributed by atoms with Crippen LogP contribution in [-0.2, 0) is 4.79 Å². The van der Waals surface area contributed by atoms with Gasteiger partial charge in [0.1, 0.15) is 4.60 Å². The van der Waals surface area contributed by atoms with Crippen LogP contribution in [0.4, 0.5) is 0 Å². The fraction of sp³-hybridized carbons (Fsp3) is 0.455. The van der Waals surface area contributed by atoms with Crippen molar-refractivity contribution in [3.63, 3.8) is 0 Å². The standard InChI is InChI=1S/C11H13BrN2O/c1-8(15)14-6-2-3-10(14)9-4-5-11(12)13-7-9/h4-5,7,10H,2-3,6H2,1H3/t10-/m0/s1. The lowest BCUT2D eigenvalue weighted by molar-refractivity contribution is -0.129. The summed E-state index contributed by atoms with van der Waals surface area (Å²) >= 11 is 3.31. The Bertz CT molecular complexity index is 363. The number of carbonyl (C=O) groups excluding carboxylic acids is 1. The van der Waals surface area contributed by atoms with Crippen molar-refractivity contribution in [3.05, 3.63) is 28.5 Å². The van der Waals surface area contributed by atoms with Crippen molar-refractivity contribution in [2.24, 2.45) is 0 Å². The van der Waals surface area contributed by atoms with Crippen LogP contribution in [0.2, 0.25) is 0 Å². The van der Waals surface area contributed by atoms with Crippen LogP contribution in [0.15, 0.2) is 22.9 Å². The van der Waals surface area contributed by atoms with Gasteiger partial charge in [-0.05, 0) is 40.4 Å². The Hall–Kier alpha value is -0.900. The van der Waals surface area contributed by atoms with Crippen molar-refractivity contribution in [1.82, 2.24) is 9.88 Å². The Morgan fingerprint density at radius 1 is 1.60 bits per heavy atom. The summed E-state index contributed by atoms with van der Waals surface area (Å²) in [5.41, 5.74) is 1.13. The number of amides is 1. The maximum atomic E-state index is 11.4. The highest BCUT2D eigenvalue weighted by molar-refractivity contribution is 9.10. The molecule has 1 amide bonds. The van der Waals surface area contributed by atoms with Crippen molar-refractivity contribution in [1.29, 1.82) is 0 Å². The van der Waals surface area contributed by atoms with E-state index in [1.165, 1.54) is 0 Å². The summed E-state index contributed by atoms with van der Waals surface area (Å²) in [6.07, 6.45) is 3.97. The highest BCUT2D eigenvalue weighted by atomic mass is 79.9. The summed E-state index contributed by atoms with van der Waals surface area (Å²) in [6.45, 7) is 2.50. The zero-order chi connectivity index (χ0) is 10.8. The number of hydrogen-bond acceptors (Lipinski definition) is 2. The molecule has 1 saturated heterocycles. The molecule has 0 aliphatic carbocycles. The van der Waals surface area contributed by atoms with Gasteiger partial charge in [-0.2, -0.15) is 0 Å². The third-order valence-electron chi connectivity index (χ3n) is 2.79. The van der Waals surface area contributed by atoms with Crippen molar-refractivity contribution >= 4 is 21.8 Å². The van der Waals surface area contributed by atoms with Gasteiger partial charge in [-0.1, -0.05) is 6.07 Å². The van der Waals surface area contributed by atoms with Gasteiger partial charge >= 0.3 is 0 Å². The fourth-order valence-corrected chi connectivity index (χ4v) is 2.31. The lowest BCUT2D eigenvalue weighted by Crippen LogP contribution is -2.28. The monoisotopic (exact) mass is 268 g/mol. The molecule has 2 rings (SSSR count). The van der Waals surface area contributed by atoms with Crippen molar-refractivity contribution in [3.8, 4) is 0 Å². The molecule has 0 spiro atoms. The minimum atomic E-state index is 0.153. The van der Waals surface area contributed by atoms with Crippen LogP contribution in [0.25, 0.3) is 0 Å². The average Bonchev–Trinajstić information content (AvgIpc) is 2.67. The summed E-state index contributed by atoms with van der Waals surface area (Å²) < 4.78 is 0.832. The highest BCUT2D eigenvalue weighted by Gasteiger charge is 2.27. The Kier molecular flexibility index (Phi) is 3.05. The molecule has 4 heteroatoms. The van der Waals surface area contributed by atoms with Gasteiger partial charge in [0.15, 0.2) is 0 Å². The van der Waals surface area contributed by atoms with Crippen LogP contribution >= 0.6 is 15.9 Å². The normalized spacial score (nSPS) is 20.7. The number of aromatic nitrogens is 1. The molecule has 3 nitrogen and oxygen atoms in total. The Morgan fingerprint density at radius 2 is 2.40 bits per heavy atom. The van der Waals surface area contributed by atoms with Crippen LogP contribution in [0.3, 0.4) is 0 Å². The van der Waals surface area contributed by atoms with Crippen LogP contribution in [0, 0.1) is 0 Å².